The van der Waals surface area contributed by atoms with Gasteiger partial charge in [0.05, 0.1) is 17.6 Å². The number of pyridine rings is 1. The molecular weight excluding hydrogens is 713 g/mol. The molecule has 292 valence electrons. The van der Waals surface area contributed by atoms with E-state index < -0.39 is 27.3 Å². The summed E-state index contributed by atoms with van der Waals surface area (Å²) in [5.74, 6) is 0.728. The molecule has 0 aliphatic carbocycles. The normalized spacial score (nSPS) is 20.4. The highest BCUT2D eigenvalue weighted by molar-refractivity contribution is 6.76. The molecule has 4 aromatic rings. The van der Waals surface area contributed by atoms with E-state index in [4.69, 9.17) is 29.3 Å². The molecule has 3 aromatic heterocycles. The zero-order valence-corrected chi connectivity index (χ0v) is 35.8. The Kier molecular flexibility index (Phi) is 11.8. The monoisotopic (exact) mass is 772 g/mol. The zero-order valence-electron chi connectivity index (χ0n) is 33.8. The van der Waals surface area contributed by atoms with Crippen molar-refractivity contribution in [3.05, 3.63) is 66.6 Å². The molecule has 2 atom stereocenters. The Morgan fingerprint density at radius 2 is 1.50 bits per heavy atom. The van der Waals surface area contributed by atoms with E-state index in [-0.39, 0.29) is 18.2 Å². The smallest absolute Gasteiger partial charge is 0.410 e. The molecule has 2 aliphatic heterocycles. The van der Waals surface area contributed by atoms with Gasteiger partial charge in [-0.3, -0.25) is 4.98 Å². The van der Waals surface area contributed by atoms with Crippen LogP contribution in [0.2, 0.25) is 51.4 Å². The molecule has 54 heavy (non-hydrogen) atoms. The quantitative estimate of drug-likeness (QED) is 0.0765. The number of nitrogens with zero attached hydrogens (tertiary/aromatic N) is 6. The third-order valence-electron chi connectivity index (χ3n) is 10.3. The predicted molar refractivity (Wildman–Crippen MR) is 220 cm³/mol. The highest BCUT2D eigenvalue weighted by atomic mass is 28.3. The molecule has 1 N–H and O–H groups in total. The molecule has 2 bridgehead atoms. The number of aromatic nitrogens is 4. The number of amides is 1. The van der Waals surface area contributed by atoms with Crippen molar-refractivity contribution in [1.82, 2.24) is 24.5 Å². The van der Waals surface area contributed by atoms with Crippen LogP contribution in [0, 0.1) is 0 Å². The molecule has 0 spiro atoms. The summed E-state index contributed by atoms with van der Waals surface area (Å²) in [5, 5.41) is 17.5. The molecule has 2 fully saturated rings. The van der Waals surface area contributed by atoms with Gasteiger partial charge in [-0.15, -0.1) is 0 Å². The molecule has 5 heterocycles. The van der Waals surface area contributed by atoms with Crippen LogP contribution in [-0.4, -0.2) is 96.2 Å². The van der Waals surface area contributed by atoms with Crippen LogP contribution in [0.5, 0.6) is 0 Å². The SMILES string of the molecule is CC(C)(C)OC(=O)N1C2CCC1CC(O)(c1cc(N(COCC[Si](C)(C)C)COCC[Si](C)(C)C)n3ncc(-c4ccc(-c5ccccc5)nc4)c3n1)C2. The molecule has 11 nitrogen and oxygen atoms in total. The van der Waals surface area contributed by atoms with E-state index in [9.17, 15) is 9.90 Å². The zero-order chi connectivity index (χ0) is 38.9. The Bertz CT molecular complexity index is 1850. The van der Waals surface area contributed by atoms with E-state index in [0.29, 0.717) is 50.9 Å². The van der Waals surface area contributed by atoms with Crippen LogP contribution in [0.4, 0.5) is 10.6 Å². The second-order valence-corrected chi connectivity index (χ2v) is 29.8. The molecule has 0 saturated carbocycles. The number of hydrogen-bond acceptors (Lipinski definition) is 9. The van der Waals surface area contributed by atoms with E-state index in [0.717, 1.165) is 53.1 Å². The summed E-state index contributed by atoms with van der Waals surface area (Å²) in [4.78, 5) is 27.3. The lowest BCUT2D eigenvalue weighted by atomic mass is 9.83. The topological polar surface area (TPSA) is 115 Å². The molecular formula is C41H60N6O5Si2. The first-order valence-electron chi connectivity index (χ1n) is 19.4. The van der Waals surface area contributed by atoms with Crippen molar-refractivity contribution in [3.8, 4) is 22.4 Å². The van der Waals surface area contributed by atoms with Crippen molar-refractivity contribution in [3.63, 3.8) is 0 Å². The number of carbonyl (C=O) groups excluding carboxylic acids is 1. The third-order valence-corrected chi connectivity index (χ3v) is 13.7. The predicted octanol–water partition coefficient (Wildman–Crippen LogP) is 8.64. The van der Waals surface area contributed by atoms with Gasteiger partial charge < -0.3 is 29.1 Å². The van der Waals surface area contributed by atoms with Crippen molar-refractivity contribution < 1.29 is 24.1 Å². The first kappa shape index (κ1) is 40.0. The van der Waals surface area contributed by atoms with Crippen LogP contribution in [0.3, 0.4) is 0 Å². The first-order valence-corrected chi connectivity index (χ1v) is 26.9. The van der Waals surface area contributed by atoms with Gasteiger partial charge >= 0.3 is 6.09 Å². The van der Waals surface area contributed by atoms with Crippen LogP contribution < -0.4 is 4.90 Å². The molecule has 2 aliphatic rings. The highest BCUT2D eigenvalue weighted by Crippen LogP contribution is 2.46. The van der Waals surface area contributed by atoms with Crippen molar-refractivity contribution in [2.45, 2.75) is 121 Å². The van der Waals surface area contributed by atoms with E-state index >= 15 is 0 Å². The van der Waals surface area contributed by atoms with Gasteiger partial charge in [-0.1, -0.05) is 75.7 Å². The molecule has 13 heteroatoms. The minimum atomic E-state index is -1.31. The number of aliphatic hydroxyl groups is 1. The molecule has 2 unspecified atom stereocenters. The number of anilines is 1. The van der Waals surface area contributed by atoms with E-state index in [2.05, 4.69) is 44.2 Å². The summed E-state index contributed by atoms with van der Waals surface area (Å²) in [6, 6.07) is 17.9. The second kappa shape index (κ2) is 15.9. The lowest BCUT2D eigenvalue weighted by Gasteiger charge is -2.43. The number of fused-ring (bicyclic) bond motifs is 3. The van der Waals surface area contributed by atoms with Crippen molar-refractivity contribution in [2.24, 2.45) is 0 Å². The Morgan fingerprint density at radius 3 is 2.04 bits per heavy atom. The van der Waals surface area contributed by atoms with Crippen molar-refractivity contribution in [1.29, 1.82) is 0 Å². The van der Waals surface area contributed by atoms with Gasteiger partial charge in [0.1, 0.15) is 30.5 Å². The maximum Gasteiger partial charge on any atom is 0.410 e. The Balaban J connectivity index is 1.39. The highest BCUT2D eigenvalue weighted by Gasteiger charge is 2.52. The van der Waals surface area contributed by atoms with Crippen LogP contribution in [0.1, 0.15) is 52.1 Å². The summed E-state index contributed by atoms with van der Waals surface area (Å²) in [5.41, 5.74) is 2.89. The van der Waals surface area contributed by atoms with Gasteiger partial charge in [0.15, 0.2) is 5.65 Å². The van der Waals surface area contributed by atoms with Crippen LogP contribution in [0.15, 0.2) is 60.9 Å². The minimum absolute atomic E-state index is 0.157. The maximum absolute atomic E-state index is 13.4. The first-order chi connectivity index (χ1) is 25.4. The number of carbonyl (C=O) groups is 1. The van der Waals surface area contributed by atoms with Gasteiger partial charge in [-0.2, -0.15) is 9.61 Å². The van der Waals surface area contributed by atoms with Crippen molar-refractivity contribution >= 4 is 33.7 Å². The fourth-order valence-electron chi connectivity index (χ4n) is 7.27. The number of ether oxygens (including phenoxy) is 3. The summed E-state index contributed by atoms with van der Waals surface area (Å²) >= 11 is 0. The lowest BCUT2D eigenvalue weighted by molar-refractivity contribution is -0.0646. The Labute approximate surface area is 323 Å². The van der Waals surface area contributed by atoms with Crippen LogP contribution >= 0.6 is 0 Å². The lowest BCUT2D eigenvalue weighted by Crippen LogP contribution is -2.53. The van der Waals surface area contributed by atoms with Gasteiger partial charge in [0, 0.05) is 83.2 Å². The van der Waals surface area contributed by atoms with Gasteiger partial charge in [-0.05, 0) is 51.8 Å². The number of hydrogen-bond donors (Lipinski definition) is 1. The molecule has 0 radical (unpaired) electrons. The molecule has 1 amide bonds. The third kappa shape index (κ3) is 9.78. The fourth-order valence-corrected chi connectivity index (χ4v) is 8.78. The van der Waals surface area contributed by atoms with Gasteiger partial charge in [0.2, 0.25) is 0 Å². The number of piperidine rings is 1. The van der Waals surface area contributed by atoms with Gasteiger partial charge in [0.25, 0.3) is 0 Å². The maximum atomic E-state index is 13.4. The van der Waals surface area contributed by atoms with E-state index in [1.54, 1.807) is 0 Å². The standard InChI is InChI=1S/C41H60N6O5Si2/c1-40(2,3)52-39(48)46-32-16-17-33(46)25-41(49,24-32)36-23-37(45(28-50-19-21-53(4,5)6)29-51-20-22-54(7,8)9)47-38(44-36)34(27-43-47)31-15-18-35(42-26-31)30-13-11-10-12-14-30/h10-15,18,23,26-27,32-33,49H,16-17,19-22,24-25,28-29H2,1-9H3. The van der Waals surface area contributed by atoms with Crippen LogP contribution in [0.25, 0.3) is 28.0 Å². The summed E-state index contributed by atoms with van der Waals surface area (Å²) < 4.78 is 20.3. The van der Waals surface area contributed by atoms with Crippen molar-refractivity contribution in [2.75, 3.05) is 31.6 Å². The Hall–Kier alpha value is -3.63. The number of benzene rings is 1. The molecule has 2 saturated heterocycles. The average molecular weight is 773 g/mol. The molecule has 1 aromatic carbocycles. The number of rotatable bonds is 14. The van der Waals surface area contributed by atoms with E-state index in [1.165, 1.54) is 0 Å². The molecule has 6 rings (SSSR count). The van der Waals surface area contributed by atoms with Gasteiger partial charge in [-0.25, -0.2) is 9.78 Å². The van der Waals surface area contributed by atoms with Crippen LogP contribution in [-0.2, 0) is 19.8 Å². The largest absolute Gasteiger partial charge is 0.444 e. The van der Waals surface area contributed by atoms with E-state index in [1.807, 2.05) is 91.1 Å². The fraction of sp³-hybridized carbons (Fsp3) is 0.561. The minimum Gasteiger partial charge on any atom is -0.444 e. The summed E-state index contributed by atoms with van der Waals surface area (Å²) in [7, 11) is -2.63. The summed E-state index contributed by atoms with van der Waals surface area (Å²) in [6.45, 7) is 21.7. The average Bonchev–Trinajstić information content (AvgIpc) is 3.65. The summed E-state index contributed by atoms with van der Waals surface area (Å²) in [6.07, 6.45) is 5.70. The Morgan fingerprint density at radius 1 is 0.889 bits per heavy atom. The second-order valence-electron chi connectivity index (χ2n) is 18.5.